The van der Waals surface area contributed by atoms with E-state index in [1.54, 1.807) is 0 Å². The number of nitrogens with two attached hydrogens (primary N) is 1. The maximum absolute atomic E-state index is 12.6. The zero-order valence-corrected chi connectivity index (χ0v) is 15.9. The van der Waals surface area contributed by atoms with Crippen LogP contribution in [0.5, 0.6) is 0 Å². The van der Waals surface area contributed by atoms with Crippen LogP contribution in [0.3, 0.4) is 0 Å². The summed E-state index contributed by atoms with van der Waals surface area (Å²) in [5.74, 6) is 0.831. The van der Waals surface area contributed by atoms with Crippen molar-refractivity contribution < 1.29 is 4.79 Å². The number of piperidine rings is 1. The summed E-state index contributed by atoms with van der Waals surface area (Å²) >= 11 is 1.48. The summed E-state index contributed by atoms with van der Waals surface area (Å²) in [5.41, 5.74) is 9.39. The lowest BCUT2D eigenvalue weighted by atomic mass is 9.79. The number of aromatic nitrogens is 1. The second-order valence-electron chi connectivity index (χ2n) is 7.41. The Balaban J connectivity index is 1.72. The van der Waals surface area contributed by atoms with E-state index in [-0.39, 0.29) is 16.5 Å². The Morgan fingerprint density at radius 2 is 2.31 bits per heavy atom. The number of aryl methyl sites for hydroxylation is 1. The molecule has 2 aliphatic heterocycles. The summed E-state index contributed by atoms with van der Waals surface area (Å²) in [7, 11) is 0. The van der Waals surface area contributed by atoms with Gasteiger partial charge in [0.05, 0.1) is 10.8 Å². The Labute approximate surface area is 158 Å². The van der Waals surface area contributed by atoms with Gasteiger partial charge in [-0.1, -0.05) is 29.5 Å². The van der Waals surface area contributed by atoms with Crippen molar-refractivity contribution in [3.05, 3.63) is 54.2 Å². The second kappa shape index (κ2) is 7.05. The molecule has 2 saturated heterocycles. The molecule has 26 heavy (non-hydrogen) atoms. The molecule has 0 bridgehead atoms. The predicted molar refractivity (Wildman–Crippen MR) is 108 cm³/mol. The zero-order chi connectivity index (χ0) is 18.3. The van der Waals surface area contributed by atoms with Gasteiger partial charge < -0.3 is 10.6 Å². The number of hydrogen-bond donors (Lipinski definition) is 1. The number of carbonyl (C=O) groups is 1. The van der Waals surface area contributed by atoms with Gasteiger partial charge in [-0.15, -0.1) is 6.58 Å². The predicted octanol–water partition coefficient (Wildman–Crippen LogP) is 4.29. The maximum Gasteiger partial charge on any atom is 0.282 e. The van der Waals surface area contributed by atoms with Gasteiger partial charge in [0.15, 0.2) is 0 Å². The van der Waals surface area contributed by atoms with Gasteiger partial charge in [-0.3, -0.25) is 9.78 Å². The first kappa shape index (κ1) is 17.6. The molecule has 4 rings (SSSR count). The Morgan fingerprint density at radius 1 is 1.46 bits per heavy atom. The summed E-state index contributed by atoms with van der Waals surface area (Å²) in [5, 5.41) is 1.53. The normalized spacial score (nSPS) is 26.8. The highest BCUT2D eigenvalue weighted by atomic mass is 32.2. The standard InChI is InChI=1S/C21H25N3OS/c1-3-14(12-22)15-7-9-24-19(11-15)20(26-21(24)25)16-6-8-23-18-5-4-13(2)10-17(16)18/h3-6,8,10,14-15,19-20H,1,7,9,11-12,22H2,2H3/t14-,15-,19-,20+/m0/s1. The number of carbonyl (C=O) groups excluding carboxylic acids is 1. The highest BCUT2D eigenvalue weighted by molar-refractivity contribution is 8.14. The minimum atomic E-state index is 0.154. The van der Waals surface area contributed by atoms with E-state index in [0.29, 0.717) is 18.4 Å². The van der Waals surface area contributed by atoms with Gasteiger partial charge in [0.25, 0.3) is 5.24 Å². The van der Waals surface area contributed by atoms with Crippen molar-refractivity contribution in [1.29, 1.82) is 0 Å². The van der Waals surface area contributed by atoms with Crippen molar-refractivity contribution in [3.63, 3.8) is 0 Å². The van der Waals surface area contributed by atoms with Crippen molar-refractivity contribution in [3.8, 4) is 0 Å². The number of amides is 1. The quantitative estimate of drug-likeness (QED) is 0.819. The van der Waals surface area contributed by atoms with Gasteiger partial charge in [0.2, 0.25) is 0 Å². The van der Waals surface area contributed by atoms with E-state index < -0.39 is 0 Å². The largest absolute Gasteiger partial charge is 0.330 e. The van der Waals surface area contributed by atoms with Crippen LogP contribution in [0.25, 0.3) is 10.9 Å². The van der Waals surface area contributed by atoms with Crippen LogP contribution in [0.4, 0.5) is 4.79 Å². The average molecular weight is 368 g/mol. The van der Waals surface area contributed by atoms with E-state index in [9.17, 15) is 4.79 Å². The third-order valence-corrected chi connectivity index (χ3v) is 7.17. The molecule has 2 fully saturated rings. The Hall–Kier alpha value is -1.85. The van der Waals surface area contributed by atoms with Crippen LogP contribution >= 0.6 is 11.8 Å². The molecule has 0 saturated carbocycles. The number of hydrogen-bond acceptors (Lipinski definition) is 4. The van der Waals surface area contributed by atoms with Crippen LogP contribution in [-0.4, -0.2) is 34.3 Å². The van der Waals surface area contributed by atoms with E-state index in [4.69, 9.17) is 5.73 Å². The molecule has 5 heteroatoms. The number of benzene rings is 1. The molecule has 1 amide bonds. The number of pyridine rings is 1. The monoisotopic (exact) mass is 367 g/mol. The lowest BCUT2D eigenvalue weighted by molar-refractivity contribution is 0.136. The van der Waals surface area contributed by atoms with Crippen LogP contribution < -0.4 is 5.73 Å². The molecule has 2 aliphatic rings. The van der Waals surface area contributed by atoms with Gasteiger partial charge in [-0.2, -0.15) is 0 Å². The molecule has 0 spiro atoms. The van der Waals surface area contributed by atoms with Crippen molar-refractivity contribution >= 4 is 27.9 Å². The first-order chi connectivity index (χ1) is 12.6. The van der Waals surface area contributed by atoms with E-state index in [2.05, 4.69) is 47.7 Å². The number of nitrogens with zero attached hydrogens (tertiary/aromatic N) is 2. The van der Waals surface area contributed by atoms with Gasteiger partial charge in [-0.05, 0) is 61.9 Å². The van der Waals surface area contributed by atoms with E-state index >= 15 is 0 Å². The van der Waals surface area contributed by atoms with Gasteiger partial charge >= 0.3 is 0 Å². The molecule has 3 heterocycles. The molecule has 136 valence electrons. The summed E-state index contributed by atoms with van der Waals surface area (Å²) in [6.45, 7) is 7.51. The Bertz CT molecular complexity index is 852. The van der Waals surface area contributed by atoms with Gasteiger partial charge in [0.1, 0.15) is 0 Å². The SMILES string of the molecule is C=C[C@@H](CN)[C@H]1CCN2C(=O)S[C@H](c3ccnc4ccc(C)cc34)[C@@H]2C1. The third-order valence-electron chi connectivity index (χ3n) is 5.91. The van der Waals surface area contributed by atoms with Crippen molar-refractivity contribution in [2.24, 2.45) is 17.6 Å². The first-order valence-corrected chi connectivity index (χ1v) is 10.2. The third kappa shape index (κ3) is 2.93. The van der Waals surface area contributed by atoms with Crippen molar-refractivity contribution in [1.82, 2.24) is 9.88 Å². The number of fused-ring (bicyclic) bond motifs is 2. The molecule has 1 aromatic carbocycles. The molecule has 2 aromatic rings. The highest BCUT2D eigenvalue weighted by Gasteiger charge is 2.46. The van der Waals surface area contributed by atoms with E-state index in [1.807, 2.05) is 12.3 Å². The average Bonchev–Trinajstić information content (AvgIpc) is 2.98. The minimum absolute atomic E-state index is 0.154. The summed E-state index contributed by atoms with van der Waals surface area (Å²) in [4.78, 5) is 19.2. The fourth-order valence-electron chi connectivity index (χ4n) is 4.46. The highest BCUT2D eigenvalue weighted by Crippen LogP contribution is 2.50. The Morgan fingerprint density at radius 3 is 3.08 bits per heavy atom. The van der Waals surface area contributed by atoms with Gasteiger partial charge in [-0.25, -0.2) is 0 Å². The molecular formula is C21H25N3OS. The Kier molecular flexibility index (Phi) is 4.76. The molecule has 2 N–H and O–H groups in total. The molecule has 0 aliphatic carbocycles. The maximum atomic E-state index is 12.6. The summed E-state index contributed by atoms with van der Waals surface area (Å²) < 4.78 is 0. The first-order valence-electron chi connectivity index (χ1n) is 9.27. The molecule has 4 nitrogen and oxygen atoms in total. The lowest BCUT2D eigenvalue weighted by Crippen LogP contribution is -2.44. The zero-order valence-electron chi connectivity index (χ0n) is 15.1. The molecule has 0 radical (unpaired) electrons. The van der Waals surface area contributed by atoms with Crippen LogP contribution in [0.15, 0.2) is 43.1 Å². The molecule has 1 aromatic heterocycles. The summed E-state index contributed by atoms with van der Waals surface area (Å²) in [6, 6.07) is 8.67. The van der Waals surface area contributed by atoms with E-state index in [1.165, 1.54) is 28.3 Å². The lowest BCUT2D eigenvalue weighted by Gasteiger charge is -2.39. The molecule has 4 atom stereocenters. The smallest absolute Gasteiger partial charge is 0.282 e. The molecular weight excluding hydrogens is 342 g/mol. The van der Waals surface area contributed by atoms with Crippen molar-refractivity contribution in [2.45, 2.75) is 31.1 Å². The molecule has 0 unspecified atom stereocenters. The summed E-state index contributed by atoms with van der Waals surface area (Å²) in [6.07, 6.45) is 5.87. The topological polar surface area (TPSA) is 59.2 Å². The minimum Gasteiger partial charge on any atom is -0.330 e. The number of thioether (sulfide) groups is 1. The second-order valence-corrected chi connectivity index (χ2v) is 8.50. The van der Waals surface area contributed by atoms with Crippen LogP contribution in [0, 0.1) is 18.8 Å². The van der Waals surface area contributed by atoms with Crippen LogP contribution in [0.2, 0.25) is 0 Å². The van der Waals surface area contributed by atoms with Crippen molar-refractivity contribution in [2.75, 3.05) is 13.1 Å². The fraction of sp³-hybridized carbons (Fsp3) is 0.429. The van der Waals surface area contributed by atoms with Crippen LogP contribution in [-0.2, 0) is 0 Å². The van der Waals surface area contributed by atoms with Crippen LogP contribution in [0.1, 0.15) is 29.2 Å². The van der Waals surface area contributed by atoms with E-state index in [0.717, 1.165) is 24.9 Å². The van der Waals surface area contributed by atoms with Gasteiger partial charge in [0, 0.05) is 24.2 Å². The number of rotatable bonds is 4. The fourth-order valence-corrected chi connectivity index (χ4v) is 5.79.